The Morgan fingerprint density at radius 2 is 2.03 bits per heavy atom. The van der Waals surface area contributed by atoms with E-state index in [-0.39, 0.29) is 5.75 Å². The molecule has 3 N–H and O–H groups in total. The van der Waals surface area contributed by atoms with Gasteiger partial charge >= 0.3 is 5.56 Å². The number of benzene rings is 1. The van der Waals surface area contributed by atoms with Gasteiger partial charge in [-0.25, -0.2) is 0 Å². The van der Waals surface area contributed by atoms with E-state index in [1.807, 2.05) is 85.2 Å². The normalized spacial score (nSPS) is 13.5. The summed E-state index contributed by atoms with van der Waals surface area (Å²) in [5.41, 5.74) is 8.59. The molecule has 0 radical (unpaired) electrons. The van der Waals surface area contributed by atoms with Crippen LogP contribution in [-0.2, 0) is 6.54 Å². The smallest absolute Gasteiger partial charge is 0.315 e. The first-order valence-corrected chi connectivity index (χ1v) is 10.3. The molecule has 0 aliphatic heterocycles. The second kappa shape index (κ2) is 10.8. The molecule has 0 spiro atoms. The van der Waals surface area contributed by atoms with Crippen molar-refractivity contribution in [1.82, 2.24) is 14.5 Å². The van der Waals surface area contributed by atoms with Crippen molar-refractivity contribution in [3.63, 3.8) is 0 Å². The molecule has 0 aliphatic carbocycles. The summed E-state index contributed by atoms with van der Waals surface area (Å²) in [5, 5.41) is 1.76. The summed E-state index contributed by atoms with van der Waals surface area (Å²) in [7, 11) is 1.47. The van der Waals surface area contributed by atoms with Gasteiger partial charge in [0.15, 0.2) is 0 Å². The summed E-state index contributed by atoms with van der Waals surface area (Å²) in [5.74, 6) is 0.746. The van der Waals surface area contributed by atoms with Crippen molar-refractivity contribution >= 4 is 18.4 Å². The maximum absolute atomic E-state index is 12.2. The fourth-order valence-corrected chi connectivity index (χ4v) is 3.23. The van der Waals surface area contributed by atoms with E-state index in [0.29, 0.717) is 12.4 Å². The highest BCUT2D eigenvalue weighted by molar-refractivity contribution is 5.61. The zero-order valence-corrected chi connectivity index (χ0v) is 18.6. The average molecular weight is 429 g/mol. The molecule has 0 atom stereocenters. The number of aromatic nitrogens is 3. The highest BCUT2D eigenvalue weighted by Gasteiger charge is 2.07. The van der Waals surface area contributed by atoms with E-state index in [0.717, 1.165) is 27.4 Å². The van der Waals surface area contributed by atoms with E-state index < -0.39 is 5.56 Å². The van der Waals surface area contributed by atoms with Crippen LogP contribution < -0.4 is 26.6 Å². The van der Waals surface area contributed by atoms with Crippen LogP contribution in [-0.4, -0.2) is 21.6 Å². The van der Waals surface area contributed by atoms with Crippen LogP contribution in [0, 0.1) is 0 Å². The molecule has 0 aliphatic rings. The van der Waals surface area contributed by atoms with Crippen LogP contribution >= 0.6 is 0 Å². The molecule has 1 aromatic carbocycles. The van der Waals surface area contributed by atoms with Crippen LogP contribution in [0.15, 0.2) is 77.3 Å². The molecule has 6 heteroatoms. The van der Waals surface area contributed by atoms with Gasteiger partial charge in [0, 0.05) is 29.0 Å². The monoisotopic (exact) mass is 428 g/mol. The first-order chi connectivity index (χ1) is 15.5. The Morgan fingerprint density at radius 3 is 2.72 bits per heavy atom. The Bertz CT molecular complexity index is 1330. The Hall–Kier alpha value is -4.06. The van der Waals surface area contributed by atoms with E-state index in [1.54, 1.807) is 18.5 Å². The van der Waals surface area contributed by atoms with Crippen molar-refractivity contribution < 1.29 is 4.74 Å². The van der Waals surface area contributed by atoms with Crippen LogP contribution in [0.2, 0.25) is 0 Å². The lowest BCUT2D eigenvalue weighted by Crippen LogP contribution is -2.23. The number of aromatic amines is 1. The first kappa shape index (κ1) is 22.6. The van der Waals surface area contributed by atoms with Gasteiger partial charge in [-0.2, -0.15) is 4.98 Å². The number of hydrogen-bond donors (Lipinski definition) is 2. The van der Waals surface area contributed by atoms with E-state index >= 15 is 0 Å². The second-order valence-electron chi connectivity index (χ2n) is 7.25. The molecule has 3 rings (SSSR count). The molecule has 2 aromatic heterocycles. The van der Waals surface area contributed by atoms with Crippen molar-refractivity contribution in [1.29, 1.82) is 0 Å². The van der Waals surface area contributed by atoms with Crippen molar-refractivity contribution in [2.45, 2.75) is 20.4 Å². The van der Waals surface area contributed by atoms with Crippen LogP contribution in [0.4, 0.5) is 0 Å². The molecule has 0 unspecified atom stereocenters. The Labute approximate surface area is 187 Å². The number of nitrogens with zero attached hydrogens (tertiary/aromatic N) is 2. The zero-order chi connectivity index (χ0) is 22.9. The van der Waals surface area contributed by atoms with Gasteiger partial charge in [-0.15, -0.1) is 0 Å². The van der Waals surface area contributed by atoms with Crippen molar-refractivity contribution in [2.24, 2.45) is 5.73 Å². The number of H-pyrrole nitrogens is 1. The number of methoxy groups -OCH3 is 1. The number of nitrogens with two attached hydrogens (primary N) is 1. The summed E-state index contributed by atoms with van der Waals surface area (Å²) >= 11 is 0. The van der Waals surface area contributed by atoms with Gasteiger partial charge in [0.1, 0.15) is 5.82 Å². The molecule has 0 amide bonds. The first-order valence-electron chi connectivity index (χ1n) is 10.3. The van der Waals surface area contributed by atoms with Gasteiger partial charge in [0.2, 0.25) is 5.75 Å². The summed E-state index contributed by atoms with van der Waals surface area (Å²) in [6.45, 7) is 4.57. The second-order valence-corrected chi connectivity index (χ2v) is 7.25. The van der Waals surface area contributed by atoms with Crippen LogP contribution in [0.5, 0.6) is 5.75 Å². The summed E-state index contributed by atoms with van der Waals surface area (Å²) in [6.07, 6.45) is 14.8. The van der Waals surface area contributed by atoms with E-state index in [4.69, 9.17) is 10.5 Å². The highest BCUT2D eigenvalue weighted by atomic mass is 16.5. The lowest BCUT2D eigenvalue weighted by atomic mass is 10.1. The SMILES string of the molecule is C/C=C\C=C(/C)Cn1cc(OC)c(=O)nc1\C=C/C=c1/[nH]c(-c2ccccc2)c/c1=C\N. The van der Waals surface area contributed by atoms with Gasteiger partial charge < -0.3 is 20.0 Å². The molecule has 3 aromatic rings. The number of allylic oxidation sites excluding steroid dienone is 5. The largest absolute Gasteiger partial charge is 0.490 e. The highest BCUT2D eigenvalue weighted by Crippen LogP contribution is 2.13. The van der Waals surface area contributed by atoms with Gasteiger partial charge in [0.05, 0.1) is 13.3 Å². The minimum atomic E-state index is -0.402. The van der Waals surface area contributed by atoms with E-state index in [9.17, 15) is 4.79 Å². The quantitative estimate of drug-likeness (QED) is 0.567. The Morgan fingerprint density at radius 1 is 1.25 bits per heavy atom. The molecule has 32 heavy (non-hydrogen) atoms. The average Bonchev–Trinajstić information content (AvgIpc) is 3.23. The van der Waals surface area contributed by atoms with Gasteiger partial charge in [-0.3, -0.25) is 4.79 Å². The van der Waals surface area contributed by atoms with Gasteiger partial charge in [0.25, 0.3) is 0 Å². The predicted octanol–water partition coefficient (Wildman–Crippen LogP) is 2.96. The minimum absolute atomic E-state index is 0.210. The predicted molar refractivity (Wildman–Crippen MR) is 131 cm³/mol. The molecular weight excluding hydrogens is 400 g/mol. The van der Waals surface area contributed by atoms with E-state index in [2.05, 4.69) is 9.97 Å². The third kappa shape index (κ3) is 5.55. The molecule has 6 nitrogen and oxygen atoms in total. The van der Waals surface area contributed by atoms with Crippen molar-refractivity contribution in [3.8, 4) is 17.0 Å². The zero-order valence-electron chi connectivity index (χ0n) is 18.6. The van der Waals surface area contributed by atoms with E-state index in [1.165, 1.54) is 7.11 Å². The molecule has 2 heterocycles. The number of ether oxygens (including phenoxy) is 1. The Balaban J connectivity index is 1.99. The lowest BCUT2D eigenvalue weighted by molar-refractivity contribution is 0.401. The maximum atomic E-state index is 12.2. The number of rotatable bonds is 7. The number of nitrogens with one attached hydrogen (secondary N) is 1. The maximum Gasteiger partial charge on any atom is 0.315 e. The fraction of sp³-hybridized carbons (Fsp3) is 0.154. The summed E-state index contributed by atoms with van der Waals surface area (Å²) < 4.78 is 7.06. The molecule has 0 saturated heterocycles. The number of hydrogen-bond acceptors (Lipinski definition) is 4. The van der Waals surface area contributed by atoms with Gasteiger partial charge in [-0.1, -0.05) is 60.2 Å². The van der Waals surface area contributed by atoms with Crippen LogP contribution in [0.25, 0.3) is 29.6 Å². The van der Waals surface area contributed by atoms with Crippen molar-refractivity contribution in [2.75, 3.05) is 7.11 Å². The minimum Gasteiger partial charge on any atom is -0.490 e. The summed E-state index contributed by atoms with van der Waals surface area (Å²) in [4.78, 5) is 19.8. The molecule has 0 saturated carbocycles. The molecule has 0 fully saturated rings. The third-order valence-electron chi connectivity index (χ3n) is 4.86. The molecule has 0 bridgehead atoms. The fourth-order valence-electron chi connectivity index (χ4n) is 3.23. The van der Waals surface area contributed by atoms with Gasteiger partial charge in [-0.05, 0) is 37.6 Å². The summed E-state index contributed by atoms with van der Waals surface area (Å²) in [6, 6.07) is 12.0. The lowest BCUT2D eigenvalue weighted by Gasteiger charge is -2.11. The standard InChI is InChI=1S/C26H28N4O2/c1-4-5-10-19(2)17-30-18-24(32-3)26(31)29-25(30)14-9-13-22-21(16-27)15-23(28-22)20-11-7-6-8-12-20/h4-16,18,28H,17,27H2,1-3H3/b5-4-,14-9-,19-10+,21-16+,22-13+. The molecular formula is C26H28N4O2. The topological polar surface area (TPSA) is 85.9 Å². The Kier molecular flexibility index (Phi) is 7.65. The third-order valence-corrected chi connectivity index (χ3v) is 4.86. The molecule has 164 valence electrons. The van der Waals surface area contributed by atoms with Crippen molar-refractivity contribution in [3.05, 3.63) is 99.2 Å². The van der Waals surface area contributed by atoms with Crippen LogP contribution in [0.3, 0.4) is 0 Å². The van der Waals surface area contributed by atoms with Crippen LogP contribution in [0.1, 0.15) is 19.7 Å².